The average Bonchev–Trinajstić information content (AvgIpc) is 2.31. The van der Waals surface area contributed by atoms with Gasteiger partial charge in [-0.1, -0.05) is 5.16 Å². The minimum absolute atomic E-state index is 0.0573. The van der Waals surface area contributed by atoms with E-state index in [0.29, 0.717) is 11.7 Å². The Bertz CT molecular complexity index is 275. The molecular weight excluding hydrogens is 166 g/mol. The zero-order valence-electron chi connectivity index (χ0n) is 8.88. The maximum Gasteiger partial charge on any atom is 0.243 e. The number of nitrogens with zero attached hydrogens (tertiary/aromatic N) is 2. The van der Waals surface area contributed by atoms with E-state index in [-0.39, 0.29) is 11.6 Å². The van der Waals surface area contributed by atoms with E-state index in [4.69, 9.17) is 4.52 Å². The molecule has 0 amide bonds. The first-order chi connectivity index (χ1) is 5.88. The second-order valence-electron chi connectivity index (χ2n) is 4.30. The lowest BCUT2D eigenvalue weighted by atomic mass is 10.1. The third-order valence-electron chi connectivity index (χ3n) is 1.56. The third-order valence-corrected chi connectivity index (χ3v) is 1.56. The van der Waals surface area contributed by atoms with Crippen LogP contribution < -0.4 is 5.32 Å². The molecule has 0 bridgehead atoms. The standard InChI is InChI=1S/C9H17N3O/c1-6(11-9(3,4)5)8-10-7(2)12-13-8/h6,11H,1-5H3. The summed E-state index contributed by atoms with van der Waals surface area (Å²) in [5, 5.41) is 7.09. The van der Waals surface area contributed by atoms with Gasteiger partial charge in [0.05, 0.1) is 6.04 Å². The molecule has 0 saturated heterocycles. The highest BCUT2D eigenvalue weighted by molar-refractivity contribution is 4.91. The van der Waals surface area contributed by atoms with Crippen LogP contribution in [0.5, 0.6) is 0 Å². The Morgan fingerprint density at radius 2 is 2.00 bits per heavy atom. The Morgan fingerprint density at radius 3 is 2.38 bits per heavy atom. The summed E-state index contributed by atoms with van der Waals surface area (Å²) in [6.45, 7) is 10.1. The Balaban J connectivity index is 2.64. The van der Waals surface area contributed by atoms with Crippen LogP contribution in [0.1, 0.15) is 45.5 Å². The molecule has 1 aromatic heterocycles. The highest BCUT2D eigenvalue weighted by Crippen LogP contribution is 2.13. The first-order valence-electron chi connectivity index (χ1n) is 4.46. The van der Waals surface area contributed by atoms with Gasteiger partial charge in [0.25, 0.3) is 0 Å². The van der Waals surface area contributed by atoms with E-state index >= 15 is 0 Å². The van der Waals surface area contributed by atoms with Crippen LogP contribution >= 0.6 is 0 Å². The molecule has 0 aliphatic carbocycles. The minimum Gasteiger partial charge on any atom is -0.338 e. The normalized spacial score (nSPS) is 14.5. The van der Waals surface area contributed by atoms with Crippen molar-refractivity contribution in [3.63, 3.8) is 0 Å². The number of hydrogen-bond acceptors (Lipinski definition) is 4. The fourth-order valence-electron chi connectivity index (χ4n) is 1.20. The van der Waals surface area contributed by atoms with E-state index in [0.717, 1.165) is 0 Å². The quantitative estimate of drug-likeness (QED) is 0.760. The molecule has 1 heterocycles. The molecule has 0 aliphatic rings. The van der Waals surface area contributed by atoms with Crippen LogP contribution in [0.2, 0.25) is 0 Å². The summed E-state index contributed by atoms with van der Waals surface area (Å²) in [7, 11) is 0. The van der Waals surface area contributed by atoms with E-state index in [1.165, 1.54) is 0 Å². The van der Waals surface area contributed by atoms with E-state index in [9.17, 15) is 0 Å². The van der Waals surface area contributed by atoms with Gasteiger partial charge in [0.1, 0.15) is 0 Å². The summed E-state index contributed by atoms with van der Waals surface area (Å²) >= 11 is 0. The Kier molecular flexibility index (Phi) is 2.71. The van der Waals surface area contributed by atoms with Gasteiger partial charge in [-0.05, 0) is 34.6 Å². The van der Waals surface area contributed by atoms with Crippen molar-refractivity contribution in [1.29, 1.82) is 0 Å². The molecule has 13 heavy (non-hydrogen) atoms. The van der Waals surface area contributed by atoms with Crippen LogP contribution in [0, 0.1) is 6.92 Å². The molecule has 1 rings (SSSR count). The van der Waals surface area contributed by atoms with Gasteiger partial charge in [-0.25, -0.2) is 0 Å². The van der Waals surface area contributed by atoms with Crippen LogP contribution in [0.4, 0.5) is 0 Å². The molecule has 0 spiro atoms. The van der Waals surface area contributed by atoms with Crippen molar-refractivity contribution < 1.29 is 4.52 Å². The summed E-state index contributed by atoms with van der Waals surface area (Å²) in [5.41, 5.74) is 0.0573. The van der Waals surface area contributed by atoms with Crippen molar-refractivity contribution in [1.82, 2.24) is 15.5 Å². The second kappa shape index (κ2) is 3.46. The van der Waals surface area contributed by atoms with Gasteiger partial charge in [0, 0.05) is 5.54 Å². The monoisotopic (exact) mass is 183 g/mol. The minimum atomic E-state index is 0.0573. The molecule has 1 atom stereocenters. The number of aromatic nitrogens is 2. The smallest absolute Gasteiger partial charge is 0.243 e. The van der Waals surface area contributed by atoms with Crippen molar-refractivity contribution in [2.24, 2.45) is 0 Å². The molecule has 0 radical (unpaired) electrons. The SMILES string of the molecule is Cc1noc(C(C)NC(C)(C)C)n1. The van der Waals surface area contributed by atoms with Crippen molar-refractivity contribution in [2.75, 3.05) is 0 Å². The molecular formula is C9H17N3O. The van der Waals surface area contributed by atoms with Crippen LogP contribution in [-0.2, 0) is 0 Å². The Hall–Kier alpha value is -0.900. The molecule has 0 fully saturated rings. The maximum atomic E-state index is 5.05. The van der Waals surface area contributed by atoms with Crippen molar-refractivity contribution in [3.05, 3.63) is 11.7 Å². The number of rotatable bonds is 2. The molecule has 4 nitrogen and oxygen atoms in total. The first kappa shape index (κ1) is 10.2. The summed E-state index contributed by atoms with van der Waals surface area (Å²) in [5.74, 6) is 1.32. The first-order valence-corrected chi connectivity index (χ1v) is 4.46. The van der Waals surface area contributed by atoms with Crippen LogP contribution in [0.15, 0.2) is 4.52 Å². The summed E-state index contributed by atoms with van der Waals surface area (Å²) in [6, 6.07) is 0.0983. The summed E-state index contributed by atoms with van der Waals surface area (Å²) in [4.78, 5) is 4.15. The molecule has 0 aliphatic heterocycles. The lowest BCUT2D eigenvalue weighted by Crippen LogP contribution is -2.37. The molecule has 1 unspecified atom stereocenters. The highest BCUT2D eigenvalue weighted by atomic mass is 16.5. The van der Waals surface area contributed by atoms with Gasteiger partial charge < -0.3 is 9.84 Å². The lowest BCUT2D eigenvalue weighted by molar-refractivity contribution is 0.296. The molecule has 0 saturated carbocycles. The summed E-state index contributed by atoms with van der Waals surface area (Å²) in [6.07, 6.45) is 0. The second-order valence-corrected chi connectivity index (χ2v) is 4.30. The van der Waals surface area contributed by atoms with Gasteiger partial charge in [0.2, 0.25) is 5.89 Å². The Morgan fingerprint density at radius 1 is 1.38 bits per heavy atom. The van der Waals surface area contributed by atoms with E-state index in [1.807, 2.05) is 13.8 Å². The van der Waals surface area contributed by atoms with E-state index in [2.05, 4.69) is 36.2 Å². The molecule has 74 valence electrons. The largest absolute Gasteiger partial charge is 0.338 e. The van der Waals surface area contributed by atoms with Crippen molar-refractivity contribution in [3.8, 4) is 0 Å². The van der Waals surface area contributed by atoms with Gasteiger partial charge in [-0.15, -0.1) is 0 Å². The van der Waals surface area contributed by atoms with Crippen LogP contribution in [0.3, 0.4) is 0 Å². The van der Waals surface area contributed by atoms with Crippen molar-refractivity contribution >= 4 is 0 Å². The molecule has 1 N–H and O–H groups in total. The fraction of sp³-hybridized carbons (Fsp3) is 0.778. The average molecular weight is 183 g/mol. The summed E-state index contributed by atoms with van der Waals surface area (Å²) < 4.78 is 5.05. The predicted octanol–water partition coefficient (Wildman–Crippen LogP) is 1.83. The van der Waals surface area contributed by atoms with Crippen LogP contribution in [-0.4, -0.2) is 15.7 Å². The molecule has 1 aromatic rings. The van der Waals surface area contributed by atoms with E-state index in [1.54, 1.807) is 0 Å². The van der Waals surface area contributed by atoms with Crippen LogP contribution in [0.25, 0.3) is 0 Å². The van der Waals surface area contributed by atoms with Crippen molar-refractivity contribution in [2.45, 2.75) is 46.2 Å². The fourth-order valence-corrected chi connectivity index (χ4v) is 1.20. The lowest BCUT2D eigenvalue weighted by Gasteiger charge is -2.23. The van der Waals surface area contributed by atoms with Gasteiger partial charge in [-0.3, -0.25) is 0 Å². The maximum absolute atomic E-state index is 5.05. The zero-order valence-corrected chi connectivity index (χ0v) is 8.88. The van der Waals surface area contributed by atoms with Gasteiger partial charge in [-0.2, -0.15) is 4.98 Å². The predicted molar refractivity (Wildman–Crippen MR) is 50.3 cm³/mol. The molecule has 4 heteroatoms. The number of aryl methyl sites for hydroxylation is 1. The number of hydrogen-bond donors (Lipinski definition) is 1. The highest BCUT2D eigenvalue weighted by Gasteiger charge is 2.18. The van der Waals surface area contributed by atoms with Gasteiger partial charge in [0.15, 0.2) is 5.82 Å². The number of nitrogens with one attached hydrogen (secondary N) is 1. The third kappa shape index (κ3) is 3.14. The van der Waals surface area contributed by atoms with Gasteiger partial charge >= 0.3 is 0 Å². The topological polar surface area (TPSA) is 51.0 Å². The van der Waals surface area contributed by atoms with E-state index < -0.39 is 0 Å². The zero-order chi connectivity index (χ0) is 10.1. The Labute approximate surface area is 78.7 Å². The molecule has 0 aromatic carbocycles.